The summed E-state index contributed by atoms with van der Waals surface area (Å²) in [5.41, 5.74) is 12.5. The molecule has 2 aromatic heterocycles. The molecule has 8 aromatic carbocycles. The molecule has 282 valence electrons. The monoisotopic (exact) mass is 766 g/mol. The Morgan fingerprint density at radius 2 is 0.847 bits per heavy atom. The summed E-state index contributed by atoms with van der Waals surface area (Å²) in [5, 5.41) is 2.15. The van der Waals surface area contributed by atoms with Gasteiger partial charge in [-0.2, -0.15) is 0 Å². The van der Waals surface area contributed by atoms with Crippen molar-refractivity contribution in [2.24, 2.45) is 0 Å². The van der Waals surface area contributed by atoms with Crippen LogP contribution in [0.5, 0.6) is 0 Å². The second-order valence-corrected chi connectivity index (χ2v) is 14.9. The van der Waals surface area contributed by atoms with Gasteiger partial charge in [0.1, 0.15) is 0 Å². The van der Waals surface area contributed by atoms with Crippen LogP contribution >= 0.6 is 0 Å². The Labute approximate surface area is 340 Å². The van der Waals surface area contributed by atoms with Crippen molar-refractivity contribution in [1.29, 1.82) is 0 Å². The molecule has 0 bridgehead atoms. The second kappa shape index (κ2) is 14.7. The number of aromatic nitrogens is 4. The van der Waals surface area contributed by atoms with Crippen molar-refractivity contribution in [3.8, 4) is 73.2 Å². The van der Waals surface area contributed by atoms with Gasteiger partial charge >= 0.3 is 0 Å². The standard InChI is InChI=1S/C53H36F2N4/c1-33-16-20-35(21-17-33)39-24-27-47-43(30-39)44-31-40(36-22-18-34(2)19-23-36)25-28-48(44)59(47)49-29-26-41(42-14-9-15-46(54)50(42)55)32-45(49)53-57-51(37-10-5-3-6-11-37)56-52(58-53)38-12-7-4-8-13-38/h3-32H,1-2H3. The predicted octanol–water partition coefficient (Wildman–Crippen LogP) is 13.9. The summed E-state index contributed by atoms with van der Waals surface area (Å²) >= 11 is 0. The third kappa shape index (κ3) is 6.64. The number of halogens is 2. The molecule has 4 nitrogen and oxygen atoms in total. The van der Waals surface area contributed by atoms with Crippen LogP contribution in [-0.2, 0) is 0 Å². The molecule has 0 radical (unpaired) electrons. The van der Waals surface area contributed by atoms with Gasteiger partial charge in [-0.05, 0) is 84.1 Å². The highest BCUT2D eigenvalue weighted by molar-refractivity contribution is 6.12. The number of hydrogen-bond acceptors (Lipinski definition) is 3. The second-order valence-electron chi connectivity index (χ2n) is 14.9. The first-order chi connectivity index (χ1) is 28.9. The van der Waals surface area contributed by atoms with Gasteiger partial charge in [0.15, 0.2) is 29.1 Å². The summed E-state index contributed by atoms with van der Waals surface area (Å²) in [7, 11) is 0. The molecular weight excluding hydrogens is 731 g/mol. The Morgan fingerprint density at radius 1 is 0.373 bits per heavy atom. The normalized spacial score (nSPS) is 11.4. The van der Waals surface area contributed by atoms with E-state index in [0.717, 1.165) is 66.9 Å². The highest BCUT2D eigenvalue weighted by atomic mass is 19.2. The van der Waals surface area contributed by atoms with Crippen LogP contribution in [0.4, 0.5) is 8.78 Å². The quantitative estimate of drug-likeness (QED) is 0.162. The Kier molecular flexibility index (Phi) is 8.95. The molecule has 0 aliphatic carbocycles. The lowest BCUT2D eigenvalue weighted by atomic mass is 9.99. The van der Waals surface area contributed by atoms with Gasteiger partial charge in [0.25, 0.3) is 0 Å². The Bertz CT molecular complexity index is 3010. The molecule has 0 fully saturated rings. The zero-order valence-corrected chi connectivity index (χ0v) is 32.4. The van der Waals surface area contributed by atoms with Crippen LogP contribution < -0.4 is 0 Å². The van der Waals surface area contributed by atoms with Crippen LogP contribution in [0.2, 0.25) is 0 Å². The summed E-state index contributed by atoms with van der Waals surface area (Å²) in [5.74, 6) is -0.442. The minimum Gasteiger partial charge on any atom is -0.308 e. The van der Waals surface area contributed by atoms with E-state index in [4.69, 9.17) is 15.0 Å². The van der Waals surface area contributed by atoms with Gasteiger partial charge in [-0.3, -0.25) is 0 Å². The van der Waals surface area contributed by atoms with E-state index in [1.54, 1.807) is 6.07 Å². The van der Waals surface area contributed by atoms with Crippen molar-refractivity contribution < 1.29 is 8.78 Å². The van der Waals surface area contributed by atoms with E-state index in [-0.39, 0.29) is 5.56 Å². The number of aryl methyl sites for hydroxylation is 2. The third-order valence-corrected chi connectivity index (χ3v) is 11.0. The Morgan fingerprint density at radius 3 is 1.37 bits per heavy atom. The van der Waals surface area contributed by atoms with Crippen LogP contribution in [0.25, 0.3) is 95.0 Å². The number of rotatable bonds is 7. The topological polar surface area (TPSA) is 43.6 Å². The van der Waals surface area contributed by atoms with Gasteiger partial charge in [-0.15, -0.1) is 0 Å². The van der Waals surface area contributed by atoms with E-state index >= 15 is 4.39 Å². The summed E-state index contributed by atoms with van der Waals surface area (Å²) in [4.78, 5) is 15.2. The van der Waals surface area contributed by atoms with Gasteiger partial charge in [0.05, 0.1) is 16.7 Å². The Balaban J connectivity index is 1.28. The van der Waals surface area contributed by atoms with Gasteiger partial charge in [0, 0.05) is 33.0 Å². The third-order valence-electron chi connectivity index (χ3n) is 11.0. The fraction of sp³-hybridized carbons (Fsp3) is 0.0377. The molecule has 0 amide bonds. The molecule has 0 atom stereocenters. The highest BCUT2D eigenvalue weighted by Crippen LogP contribution is 2.41. The highest BCUT2D eigenvalue weighted by Gasteiger charge is 2.22. The molecule has 6 heteroatoms. The molecule has 2 heterocycles. The maximum atomic E-state index is 15.6. The zero-order valence-electron chi connectivity index (χ0n) is 32.4. The van der Waals surface area contributed by atoms with Crippen LogP contribution in [-0.4, -0.2) is 19.5 Å². The molecule has 0 aliphatic rings. The van der Waals surface area contributed by atoms with Crippen molar-refractivity contribution in [3.05, 3.63) is 205 Å². The van der Waals surface area contributed by atoms with Crippen molar-refractivity contribution in [1.82, 2.24) is 19.5 Å². The first kappa shape index (κ1) is 35.8. The fourth-order valence-electron chi connectivity index (χ4n) is 7.87. The molecule has 0 N–H and O–H groups in total. The molecule has 0 aliphatic heterocycles. The van der Waals surface area contributed by atoms with Gasteiger partial charge in [0.2, 0.25) is 0 Å². The largest absolute Gasteiger partial charge is 0.308 e. The lowest BCUT2D eigenvalue weighted by Gasteiger charge is -2.17. The number of hydrogen-bond donors (Lipinski definition) is 0. The maximum absolute atomic E-state index is 15.6. The first-order valence-corrected chi connectivity index (χ1v) is 19.6. The average Bonchev–Trinajstić information content (AvgIpc) is 3.61. The summed E-state index contributed by atoms with van der Waals surface area (Å²) in [6, 6.07) is 59.8. The van der Waals surface area contributed by atoms with Crippen molar-refractivity contribution >= 4 is 21.8 Å². The minimum absolute atomic E-state index is 0.145. The molecule has 0 spiro atoms. The van der Waals surface area contributed by atoms with Gasteiger partial charge < -0.3 is 4.57 Å². The molecule has 0 saturated heterocycles. The van der Waals surface area contributed by atoms with E-state index in [2.05, 4.69) is 103 Å². The summed E-state index contributed by atoms with van der Waals surface area (Å²) < 4.78 is 32.6. The molecule has 59 heavy (non-hydrogen) atoms. The van der Waals surface area contributed by atoms with Gasteiger partial charge in [-0.1, -0.05) is 151 Å². The Hall–Kier alpha value is -7.57. The fourth-order valence-corrected chi connectivity index (χ4v) is 7.87. The van der Waals surface area contributed by atoms with Crippen molar-refractivity contribution in [2.75, 3.05) is 0 Å². The lowest BCUT2D eigenvalue weighted by Crippen LogP contribution is -2.04. The minimum atomic E-state index is -0.916. The molecule has 0 saturated carbocycles. The van der Waals surface area contributed by atoms with Crippen LogP contribution in [0.1, 0.15) is 11.1 Å². The molecule has 10 aromatic rings. The lowest BCUT2D eigenvalue weighted by molar-refractivity contribution is 0.511. The number of nitrogens with zero attached hydrogens (tertiary/aromatic N) is 4. The van der Waals surface area contributed by atoms with Crippen LogP contribution in [0.15, 0.2) is 182 Å². The average molecular weight is 767 g/mol. The zero-order chi connectivity index (χ0) is 40.0. The SMILES string of the molecule is Cc1ccc(-c2ccc3c(c2)c2cc(-c4ccc(C)cc4)ccc2n3-c2ccc(-c3cccc(F)c3F)cc2-c2nc(-c3ccccc3)nc(-c3ccccc3)n2)cc1. The molecule has 0 unspecified atom stereocenters. The van der Waals surface area contributed by atoms with E-state index in [0.29, 0.717) is 28.6 Å². The first-order valence-electron chi connectivity index (χ1n) is 19.6. The van der Waals surface area contributed by atoms with Gasteiger partial charge in [-0.25, -0.2) is 23.7 Å². The van der Waals surface area contributed by atoms with Crippen molar-refractivity contribution in [3.63, 3.8) is 0 Å². The number of benzene rings is 8. The van der Waals surface area contributed by atoms with E-state index < -0.39 is 11.6 Å². The van der Waals surface area contributed by atoms with E-state index in [1.807, 2.05) is 78.9 Å². The summed E-state index contributed by atoms with van der Waals surface area (Å²) in [6.45, 7) is 4.19. The van der Waals surface area contributed by atoms with E-state index in [1.165, 1.54) is 17.2 Å². The maximum Gasteiger partial charge on any atom is 0.166 e. The molecular formula is C53H36F2N4. The predicted molar refractivity (Wildman–Crippen MR) is 236 cm³/mol. The number of fused-ring (bicyclic) bond motifs is 3. The van der Waals surface area contributed by atoms with Crippen molar-refractivity contribution in [2.45, 2.75) is 13.8 Å². The van der Waals surface area contributed by atoms with Crippen LogP contribution in [0, 0.1) is 25.5 Å². The van der Waals surface area contributed by atoms with E-state index in [9.17, 15) is 4.39 Å². The summed E-state index contributed by atoms with van der Waals surface area (Å²) in [6.07, 6.45) is 0. The smallest absolute Gasteiger partial charge is 0.166 e. The van der Waals surface area contributed by atoms with Crippen LogP contribution in [0.3, 0.4) is 0 Å². The molecule has 10 rings (SSSR count).